The summed E-state index contributed by atoms with van der Waals surface area (Å²) >= 11 is 0. The number of halogens is 1. The van der Waals surface area contributed by atoms with E-state index in [1.165, 1.54) is 6.33 Å². The van der Waals surface area contributed by atoms with Gasteiger partial charge in [-0.1, -0.05) is 32.9 Å². The first kappa shape index (κ1) is 32.6. The Morgan fingerprint density at radius 2 is 2.14 bits per heavy atom. The Morgan fingerprint density at radius 1 is 1.30 bits per heavy atom. The van der Waals surface area contributed by atoms with Crippen molar-refractivity contribution in [1.82, 2.24) is 14.9 Å². The first-order valence-electron chi connectivity index (χ1n) is 15.6. The van der Waals surface area contributed by atoms with E-state index in [-0.39, 0.29) is 12.0 Å². The van der Waals surface area contributed by atoms with Crippen LogP contribution >= 0.6 is 0 Å². The molecule has 3 aliphatic rings. The second-order valence-electron chi connectivity index (χ2n) is 11.0. The molecule has 2 unspecified atom stereocenters. The molecule has 2 fully saturated rings. The number of amides is 1. The van der Waals surface area contributed by atoms with Gasteiger partial charge in [0.2, 0.25) is 5.91 Å². The molecule has 1 aliphatic carbocycles. The van der Waals surface area contributed by atoms with E-state index in [2.05, 4.69) is 32.4 Å². The first-order chi connectivity index (χ1) is 20.9. The quantitative estimate of drug-likeness (QED) is 0.221. The minimum atomic E-state index is -0.959. The number of hydrogen-bond acceptors (Lipinski definition) is 8. The lowest BCUT2D eigenvalue weighted by Gasteiger charge is -2.25. The SMILES string of the molecule is CC.CCCOCC(C)Oc1cc2ncnc(NC3=CCCC(F)C(C)=C3)c2cc1NC(=O)/C=C/CN1C[C@H]2C[C@@H]1CO2. The smallest absolute Gasteiger partial charge is 0.248 e. The molecular formula is C33H46FN5O4. The lowest BCUT2D eigenvalue weighted by Crippen LogP contribution is -2.36. The maximum absolute atomic E-state index is 14.2. The van der Waals surface area contributed by atoms with Gasteiger partial charge in [0.25, 0.3) is 0 Å². The number of aromatic nitrogens is 2. The highest BCUT2D eigenvalue weighted by Crippen LogP contribution is 2.34. The summed E-state index contributed by atoms with van der Waals surface area (Å²) in [5, 5.41) is 7.03. The van der Waals surface area contributed by atoms with Crippen molar-refractivity contribution in [2.45, 2.75) is 84.7 Å². The van der Waals surface area contributed by atoms with Crippen LogP contribution < -0.4 is 15.4 Å². The van der Waals surface area contributed by atoms with Crippen LogP contribution in [0.5, 0.6) is 5.75 Å². The van der Waals surface area contributed by atoms with Crippen molar-refractivity contribution < 1.29 is 23.4 Å². The zero-order valence-corrected chi connectivity index (χ0v) is 26.1. The maximum atomic E-state index is 14.2. The summed E-state index contributed by atoms with van der Waals surface area (Å²) < 4.78 is 31.8. The van der Waals surface area contributed by atoms with Crippen molar-refractivity contribution in [2.24, 2.45) is 0 Å². The molecular weight excluding hydrogens is 549 g/mol. The number of benzene rings is 1. The molecule has 1 aromatic heterocycles. The van der Waals surface area contributed by atoms with Gasteiger partial charge in [-0.05, 0) is 57.2 Å². The van der Waals surface area contributed by atoms with Crippen LogP contribution in [0.4, 0.5) is 15.9 Å². The minimum absolute atomic E-state index is 0.240. The minimum Gasteiger partial charge on any atom is -0.486 e. The number of morpholine rings is 1. The van der Waals surface area contributed by atoms with Gasteiger partial charge in [0.1, 0.15) is 30.2 Å². The van der Waals surface area contributed by atoms with Gasteiger partial charge in [-0.3, -0.25) is 9.69 Å². The Kier molecular flexibility index (Phi) is 12.1. The van der Waals surface area contributed by atoms with Crippen molar-refractivity contribution in [3.63, 3.8) is 0 Å². The first-order valence-corrected chi connectivity index (χ1v) is 15.6. The zero-order chi connectivity index (χ0) is 30.8. The van der Waals surface area contributed by atoms with E-state index in [4.69, 9.17) is 14.2 Å². The van der Waals surface area contributed by atoms with Crippen LogP contribution in [0.1, 0.15) is 60.3 Å². The Morgan fingerprint density at radius 3 is 2.88 bits per heavy atom. The maximum Gasteiger partial charge on any atom is 0.248 e. The molecule has 2 saturated heterocycles. The van der Waals surface area contributed by atoms with Gasteiger partial charge in [-0.15, -0.1) is 0 Å². The Bertz CT molecular complexity index is 1330. The highest BCUT2D eigenvalue weighted by molar-refractivity contribution is 6.03. The summed E-state index contributed by atoms with van der Waals surface area (Å²) in [4.78, 5) is 24.3. The molecule has 2 N–H and O–H groups in total. The average molecular weight is 596 g/mol. The van der Waals surface area contributed by atoms with Gasteiger partial charge in [-0.25, -0.2) is 14.4 Å². The second-order valence-corrected chi connectivity index (χ2v) is 11.0. The average Bonchev–Trinajstić information content (AvgIpc) is 3.58. The Balaban J connectivity index is 0.00000207. The largest absolute Gasteiger partial charge is 0.486 e. The van der Waals surface area contributed by atoms with Crippen LogP contribution in [0.3, 0.4) is 0 Å². The van der Waals surface area contributed by atoms with Gasteiger partial charge in [0.05, 0.1) is 30.5 Å². The molecule has 10 heteroatoms. The van der Waals surface area contributed by atoms with Crippen molar-refractivity contribution in [3.8, 4) is 5.75 Å². The molecule has 0 radical (unpaired) electrons. The van der Waals surface area contributed by atoms with Crippen LogP contribution in [0.15, 0.2) is 54.0 Å². The zero-order valence-electron chi connectivity index (χ0n) is 26.1. The summed E-state index contributed by atoms with van der Waals surface area (Å²) in [6.45, 7) is 13.2. The Labute approximate surface area is 254 Å². The summed E-state index contributed by atoms with van der Waals surface area (Å²) in [7, 11) is 0. The Hall–Kier alpha value is -3.34. The summed E-state index contributed by atoms with van der Waals surface area (Å²) in [5.41, 5.74) is 2.60. The van der Waals surface area contributed by atoms with Crippen LogP contribution in [0.25, 0.3) is 10.9 Å². The number of likely N-dealkylation sites (tertiary alicyclic amines) is 1. The van der Waals surface area contributed by atoms with Gasteiger partial charge in [0, 0.05) is 49.0 Å². The number of nitrogens with zero attached hydrogens (tertiary/aromatic N) is 3. The second kappa shape index (κ2) is 15.9. The summed E-state index contributed by atoms with van der Waals surface area (Å²) in [6.07, 6.45) is 10.9. The molecule has 2 aliphatic heterocycles. The highest BCUT2D eigenvalue weighted by Gasteiger charge is 2.38. The molecule has 2 aromatic rings. The third-order valence-electron chi connectivity index (χ3n) is 7.57. The lowest BCUT2D eigenvalue weighted by molar-refractivity contribution is -0.111. The number of hydrogen-bond donors (Lipinski definition) is 2. The van der Waals surface area contributed by atoms with E-state index >= 15 is 0 Å². The summed E-state index contributed by atoms with van der Waals surface area (Å²) in [6, 6.07) is 4.06. The van der Waals surface area contributed by atoms with Crippen molar-refractivity contribution in [1.29, 1.82) is 0 Å². The molecule has 43 heavy (non-hydrogen) atoms. The molecule has 234 valence electrons. The molecule has 0 spiro atoms. The van der Waals surface area contributed by atoms with E-state index < -0.39 is 6.17 Å². The van der Waals surface area contributed by atoms with Crippen LogP contribution in [-0.4, -0.2) is 78.1 Å². The molecule has 4 atom stereocenters. The van der Waals surface area contributed by atoms with Crippen LogP contribution in [0, 0.1) is 0 Å². The fourth-order valence-corrected chi connectivity index (χ4v) is 5.43. The van der Waals surface area contributed by atoms with Gasteiger partial charge < -0.3 is 24.8 Å². The van der Waals surface area contributed by atoms with Crippen molar-refractivity contribution >= 4 is 28.3 Å². The molecule has 0 saturated carbocycles. The topological polar surface area (TPSA) is 97.8 Å². The molecule has 3 heterocycles. The standard InChI is InChI=1S/C31H40FN5O4.C2H6/c1-4-11-39-17-21(3)41-29-15-27-25(31(34-19-33-27)35-22-7-5-8-26(32)20(2)12-22)14-28(29)36-30(38)9-6-10-37-16-24-13-23(37)18-40-24;1-2/h6-7,9,12,14-15,19,21,23-24,26H,4-5,8,10-11,13,16-18H2,1-3H3,(H,36,38)(H,33,34,35);1-2H3/b9-6+;/t21?,23-,24-,26?;/m1./s1. The fourth-order valence-electron chi connectivity index (χ4n) is 5.43. The van der Waals surface area contributed by atoms with E-state index in [9.17, 15) is 9.18 Å². The number of fused-ring (bicyclic) bond motifs is 3. The van der Waals surface area contributed by atoms with Crippen LogP contribution in [0.2, 0.25) is 0 Å². The summed E-state index contributed by atoms with van der Waals surface area (Å²) in [5.74, 6) is 0.802. The monoisotopic (exact) mass is 595 g/mol. The molecule has 9 nitrogen and oxygen atoms in total. The lowest BCUT2D eigenvalue weighted by atomic mass is 10.1. The van der Waals surface area contributed by atoms with E-state index in [1.807, 2.05) is 45.1 Å². The van der Waals surface area contributed by atoms with Gasteiger partial charge in [-0.2, -0.15) is 0 Å². The normalized spacial score (nSPS) is 22.4. The molecule has 5 rings (SSSR count). The number of carbonyl (C=O) groups is 1. The molecule has 2 bridgehead atoms. The molecule has 1 aromatic carbocycles. The van der Waals surface area contributed by atoms with Gasteiger partial charge >= 0.3 is 0 Å². The number of alkyl halides is 1. The predicted molar refractivity (Wildman–Crippen MR) is 169 cm³/mol. The van der Waals surface area contributed by atoms with E-state index in [1.54, 1.807) is 19.1 Å². The van der Waals surface area contributed by atoms with Gasteiger partial charge in [0.15, 0.2) is 0 Å². The van der Waals surface area contributed by atoms with Crippen molar-refractivity contribution in [3.05, 3.63) is 54.0 Å². The number of nitrogens with one attached hydrogen (secondary N) is 2. The third-order valence-corrected chi connectivity index (χ3v) is 7.57. The number of carbonyl (C=O) groups excluding carboxylic acids is 1. The fraction of sp³-hybridized carbons (Fsp3) is 0.545. The molecule has 1 amide bonds. The van der Waals surface area contributed by atoms with E-state index in [0.29, 0.717) is 78.5 Å². The van der Waals surface area contributed by atoms with Crippen molar-refractivity contribution in [2.75, 3.05) is 43.5 Å². The predicted octanol–water partition coefficient (Wildman–Crippen LogP) is 6.19. The number of ether oxygens (including phenoxy) is 3. The number of anilines is 2. The van der Waals surface area contributed by atoms with Crippen LogP contribution in [-0.2, 0) is 14.3 Å². The third kappa shape index (κ3) is 8.84. The number of rotatable bonds is 12. The van der Waals surface area contributed by atoms with E-state index in [0.717, 1.165) is 31.7 Å². The highest BCUT2D eigenvalue weighted by atomic mass is 19.1. The number of allylic oxidation sites excluding steroid dienone is 3.